The molecule has 0 spiro atoms. The smallest absolute Gasteiger partial charge is 0.407 e. The monoisotopic (exact) mass is 219 g/mol. The van der Waals surface area contributed by atoms with Gasteiger partial charge < -0.3 is 10.0 Å². The molecular weight excluding hydrogens is 206 g/mol. The van der Waals surface area contributed by atoms with Crippen LogP contribution in [0.5, 0.6) is 0 Å². The van der Waals surface area contributed by atoms with Crippen LogP contribution in [0.4, 0.5) is 4.79 Å². The average Bonchev–Trinajstić information content (AvgIpc) is 2.28. The molecule has 0 fully saturated rings. The Labute approximate surface area is 93.5 Å². The Bertz CT molecular complexity index is 442. The summed E-state index contributed by atoms with van der Waals surface area (Å²) in [7, 11) is 0. The molecule has 1 aromatic carbocycles. The van der Waals surface area contributed by atoms with Crippen molar-refractivity contribution in [2.24, 2.45) is 0 Å². The molecule has 16 heavy (non-hydrogen) atoms. The van der Waals surface area contributed by atoms with E-state index in [1.165, 1.54) is 4.90 Å². The van der Waals surface area contributed by atoms with Crippen LogP contribution in [0.15, 0.2) is 18.2 Å². The van der Waals surface area contributed by atoms with Gasteiger partial charge in [-0.1, -0.05) is 18.2 Å². The predicted octanol–water partition coefficient (Wildman–Crippen LogP) is 2.10. The van der Waals surface area contributed by atoms with Gasteiger partial charge in [-0.25, -0.2) is 4.79 Å². The van der Waals surface area contributed by atoms with Crippen molar-refractivity contribution in [2.45, 2.75) is 19.4 Å². The lowest BCUT2D eigenvalue weighted by molar-refractivity contribution is 0.112. The molecule has 1 aliphatic rings. The third-order valence-corrected chi connectivity index (χ3v) is 3.14. The van der Waals surface area contributed by atoms with Gasteiger partial charge in [-0.3, -0.25) is 4.79 Å². The van der Waals surface area contributed by atoms with E-state index in [-0.39, 0.29) is 6.04 Å². The zero-order valence-electron chi connectivity index (χ0n) is 9.01. The van der Waals surface area contributed by atoms with Crippen LogP contribution in [-0.4, -0.2) is 28.9 Å². The number of nitrogens with zero attached hydrogens (tertiary/aromatic N) is 1. The van der Waals surface area contributed by atoms with Gasteiger partial charge in [-0.2, -0.15) is 0 Å². The quantitative estimate of drug-likeness (QED) is 0.736. The molecule has 84 valence electrons. The molecule has 1 aliphatic heterocycles. The summed E-state index contributed by atoms with van der Waals surface area (Å²) in [6, 6.07) is 5.28. The molecule has 0 radical (unpaired) electrons. The van der Waals surface area contributed by atoms with Crippen LogP contribution in [0.1, 0.15) is 34.5 Å². The van der Waals surface area contributed by atoms with Gasteiger partial charge in [0.15, 0.2) is 0 Å². The number of rotatable bonds is 1. The van der Waals surface area contributed by atoms with Gasteiger partial charge in [0.25, 0.3) is 0 Å². The zero-order chi connectivity index (χ0) is 11.7. The maximum absolute atomic E-state index is 11.0. The van der Waals surface area contributed by atoms with Gasteiger partial charge in [-0.05, 0) is 24.5 Å². The van der Waals surface area contributed by atoms with Crippen molar-refractivity contribution >= 4 is 12.4 Å². The Kier molecular flexibility index (Phi) is 2.64. The second-order valence-corrected chi connectivity index (χ2v) is 3.93. The third-order valence-electron chi connectivity index (χ3n) is 3.14. The van der Waals surface area contributed by atoms with E-state index in [0.717, 1.165) is 17.4 Å². The van der Waals surface area contributed by atoms with E-state index >= 15 is 0 Å². The van der Waals surface area contributed by atoms with Gasteiger partial charge in [0.1, 0.15) is 6.29 Å². The van der Waals surface area contributed by atoms with Crippen LogP contribution in [0.2, 0.25) is 0 Å². The van der Waals surface area contributed by atoms with E-state index in [1.54, 1.807) is 12.1 Å². The summed E-state index contributed by atoms with van der Waals surface area (Å²) in [5.41, 5.74) is 2.61. The minimum atomic E-state index is -0.908. The second kappa shape index (κ2) is 3.96. The van der Waals surface area contributed by atoms with Gasteiger partial charge in [-0.15, -0.1) is 0 Å². The molecular formula is C12H13NO3. The summed E-state index contributed by atoms with van der Waals surface area (Å²) in [6.07, 6.45) is 0.540. The molecule has 0 saturated heterocycles. The fourth-order valence-electron chi connectivity index (χ4n) is 2.27. The summed E-state index contributed by atoms with van der Waals surface area (Å²) in [5.74, 6) is 0. The van der Waals surface area contributed by atoms with E-state index in [0.29, 0.717) is 18.5 Å². The number of carbonyl (C=O) groups is 2. The Hall–Kier alpha value is -1.84. The highest BCUT2D eigenvalue weighted by Crippen LogP contribution is 2.30. The van der Waals surface area contributed by atoms with Crippen molar-refractivity contribution in [1.82, 2.24) is 4.90 Å². The lowest BCUT2D eigenvalue weighted by atomic mass is 9.90. The van der Waals surface area contributed by atoms with E-state index in [4.69, 9.17) is 5.11 Å². The fourth-order valence-corrected chi connectivity index (χ4v) is 2.27. The van der Waals surface area contributed by atoms with Crippen molar-refractivity contribution in [1.29, 1.82) is 0 Å². The molecule has 4 nitrogen and oxygen atoms in total. The first-order valence-corrected chi connectivity index (χ1v) is 5.21. The molecule has 0 aromatic heterocycles. The first-order valence-electron chi connectivity index (χ1n) is 5.21. The minimum Gasteiger partial charge on any atom is -0.465 e. The Balaban J connectivity index is 2.46. The van der Waals surface area contributed by atoms with E-state index < -0.39 is 6.09 Å². The molecule has 1 N–H and O–H groups in total. The number of hydrogen-bond donors (Lipinski definition) is 1. The maximum Gasteiger partial charge on any atom is 0.407 e. The molecule has 2 rings (SSSR count). The van der Waals surface area contributed by atoms with Gasteiger partial charge >= 0.3 is 6.09 Å². The van der Waals surface area contributed by atoms with Gasteiger partial charge in [0, 0.05) is 12.1 Å². The van der Waals surface area contributed by atoms with Crippen molar-refractivity contribution < 1.29 is 14.7 Å². The molecule has 1 atom stereocenters. The number of benzene rings is 1. The highest BCUT2D eigenvalue weighted by atomic mass is 16.4. The second-order valence-electron chi connectivity index (χ2n) is 3.93. The molecule has 0 bridgehead atoms. The fraction of sp³-hybridized carbons (Fsp3) is 0.333. The molecule has 1 heterocycles. The van der Waals surface area contributed by atoms with Crippen molar-refractivity contribution in [3.8, 4) is 0 Å². The Morgan fingerprint density at radius 1 is 1.56 bits per heavy atom. The number of carbonyl (C=O) groups excluding carboxylic acids is 1. The molecule has 1 amide bonds. The van der Waals surface area contributed by atoms with Crippen molar-refractivity contribution in [3.63, 3.8) is 0 Å². The molecule has 0 saturated carbocycles. The van der Waals surface area contributed by atoms with Crippen molar-refractivity contribution in [2.75, 3.05) is 6.54 Å². The van der Waals surface area contributed by atoms with E-state index in [9.17, 15) is 9.59 Å². The average molecular weight is 219 g/mol. The van der Waals surface area contributed by atoms with Crippen LogP contribution in [0, 0.1) is 0 Å². The van der Waals surface area contributed by atoms with Crippen LogP contribution >= 0.6 is 0 Å². The predicted molar refractivity (Wildman–Crippen MR) is 58.7 cm³/mol. The molecule has 4 heteroatoms. The summed E-state index contributed by atoms with van der Waals surface area (Å²) in [6.45, 7) is 2.30. The summed E-state index contributed by atoms with van der Waals surface area (Å²) in [4.78, 5) is 23.3. The molecule has 0 unspecified atom stereocenters. The third kappa shape index (κ3) is 1.56. The lowest BCUT2D eigenvalue weighted by Crippen LogP contribution is -2.38. The highest BCUT2D eigenvalue weighted by Gasteiger charge is 2.28. The van der Waals surface area contributed by atoms with Gasteiger partial charge in [0.2, 0.25) is 0 Å². The number of amides is 1. The maximum atomic E-state index is 11.0. The largest absolute Gasteiger partial charge is 0.465 e. The van der Waals surface area contributed by atoms with E-state index in [2.05, 4.69) is 0 Å². The number of fused-ring (bicyclic) bond motifs is 1. The first kappa shape index (κ1) is 10.7. The lowest BCUT2D eigenvalue weighted by Gasteiger charge is -2.33. The van der Waals surface area contributed by atoms with Gasteiger partial charge in [0.05, 0.1) is 6.04 Å². The van der Waals surface area contributed by atoms with Crippen LogP contribution < -0.4 is 0 Å². The van der Waals surface area contributed by atoms with Crippen LogP contribution in [0.3, 0.4) is 0 Å². The SMILES string of the molecule is C[C@H]1c2cccc(C=O)c2CCN1C(=O)O. The topological polar surface area (TPSA) is 57.6 Å². The minimum absolute atomic E-state index is 0.179. The molecule has 1 aromatic rings. The van der Waals surface area contributed by atoms with Crippen molar-refractivity contribution in [3.05, 3.63) is 34.9 Å². The molecule has 0 aliphatic carbocycles. The summed E-state index contributed by atoms with van der Waals surface area (Å²) >= 11 is 0. The highest BCUT2D eigenvalue weighted by molar-refractivity contribution is 5.78. The van der Waals surface area contributed by atoms with Crippen LogP contribution in [0.25, 0.3) is 0 Å². The normalized spacial score (nSPS) is 19.1. The number of aldehydes is 1. The summed E-state index contributed by atoms with van der Waals surface area (Å²) < 4.78 is 0. The summed E-state index contributed by atoms with van der Waals surface area (Å²) in [5, 5.41) is 9.02. The van der Waals surface area contributed by atoms with E-state index in [1.807, 2.05) is 13.0 Å². The zero-order valence-corrected chi connectivity index (χ0v) is 9.01. The van der Waals surface area contributed by atoms with Crippen LogP contribution in [-0.2, 0) is 6.42 Å². The number of carboxylic acid groups (broad SMARTS) is 1. The Morgan fingerprint density at radius 3 is 2.94 bits per heavy atom. The number of hydrogen-bond acceptors (Lipinski definition) is 2. The standard InChI is InChI=1S/C12H13NO3/c1-8-10-4-2-3-9(7-14)11(10)5-6-13(8)12(15)16/h2-4,7-8H,5-6H2,1H3,(H,15,16)/t8-/m0/s1. The first-order chi connectivity index (χ1) is 7.65. The Morgan fingerprint density at radius 2 is 2.31 bits per heavy atom.